The molecule has 2 amide bonds. The summed E-state index contributed by atoms with van der Waals surface area (Å²) in [7, 11) is 0. The van der Waals surface area contributed by atoms with Crippen LogP contribution in [-0.4, -0.2) is 29.6 Å². The van der Waals surface area contributed by atoms with Crippen molar-refractivity contribution in [2.45, 2.75) is 39.9 Å². The van der Waals surface area contributed by atoms with Gasteiger partial charge in [-0.15, -0.1) is 0 Å². The first kappa shape index (κ1) is 25.0. The molecule has 8 nitrogen and oxygen atoms in total. The number of rotatable bonds is 8. The molecular weight excluding hydrogens is 403 g/mol. The van der Waals surface area contributed by atoms with Crippen LogP contribution < -0.4 is 22.1 Å². The van der Waals surface area contributed by atoms with Crippen LogP contribution in [0.1, 0.15) is 39.3 Å². The van der Waals surface area contributed by atoms with Crippen molar-refractivity contribution in [1.29, 1.82) is 0 Å². The van der Waals surface area contributed by atoms with Crippen LogP contribution in [0.15, 0.2) is 41.6 Å². The van der Waals surface area contributed by atoms with Crippen molar-refractivity contribution in [1.82, 2.24) is 10.3 Å². The molecule has 0 aliphatic rings. The first-order valence-electron chi connectivity index (χ1n) is 9.07. The molecule has 30 heavy (non-hydrogen) atoms. The van der Waals surface area contributed by atoms with E-state index < -0.39 is 24.7 Å². The Labute approximate surface area is 172 Å². The molecule has 0 spiro atoms. The van der Waals surface area contributed by atoms with E-state index in [0.29, 0.717) is 11.4 Å². The van der Waals surface area contributed by atoms with E-state index >= 15 is 0 Å². The highest BCUT2D eigenvalue weighted by atomic mass is 19.4. The van der Waals surface area contributed by atoms with Crippen LogP contribution in [0.25, 0.3) is 0 Å². The van der Waals surface area contributed by atoms with E-state index in [1.165, 1.54) is 19.2 Å². The number of hydrogen-bond acceptors (Lipinski definition) is 5. The molecule has 1 unspecified atom stereocenters. The fourth-order valence-corrected chi connectivity index (χ4v) is 2.08. The molecule has 0 saturated heterocycles. The summed E-state index contributed by atoms with van der Waals surface area (Å²) in [4.78, 5) is 28.2. The van der Waals surface area contributed by atoms with Gasteiger partial charge in [-0.2, -0.15) is 13.2 Å². The molecule has 1 heterocycles. The lowest BCUT2D eigenvalue weighted by Gasteiger charge is -2.16. The molecule has 11 heteroatoms. The average molecular weight is 430 g/mol. The summed E-state index contributed by atoms with van der Waals surface area (Å²) in [6.45, 7) is 5.14. The maximum absolute atomic E-state index is 12.3. The Morgan fingerprint density at radius 1 is 1.33 bits per heavy atom. The van der Waals surface area contributed by atoms with E-state index in [9.17, 15) is 22.8 Å². The normalized spacial score (nSPS) is 14.1. The summed E-state index contributed by atoms with van der Waals surface area (Å²) >= 11 is 0. The van der Waals surface area contributed by atoms with Gasteiger partial charge in [0.1, 0.15) is 5.82 Å². The van der Waals surface area contributed by atoms with Crippen LogP contribution in [0.4, 0.5) is 19.0 Å². The van der Waals surface area contributed by atoms with Gasteiger partial charge < -0.3 is 21.1 Å². The Kier molecular flexibility index (Phi) is 8.84. The number of ether oxygens (including phenoxy) is 1. The summed E-state index contributed by atoms with van der Waals surface area (Å²) in [5.74, 6) is -0.932. The van der Waals surface area contributed by atoms with Gasteiger partial charge in [0.05, 0.1) is 17.3 Å². The minimum absolute atomic E-state index is 0.183. The Hall–Kier alpha value is -3.08. The minimum Gasteiger partial charge on any atom is -0.442 e. The van der Waals surface area contributed by atoms with E-state index in [-0.39, 0.29) is 29.0 Å². The number of amides is 2. The van der Waals surface area contributed by atoms with Crippen molar-refractivity contribution >= 4 is 17.6 Å². The van der Waals surface area contributed by atoms with Crippen LogP contribution in [-0.2, 0) is 14.3 Å². The molecule has 1 aromatic rings. The largest absolute Gasteiger partial charge is 0.442 e. The summed E-state index contributed by atoms with van der Waals surface area (Å²) in [5, 5.41) is 5.33. The van der Waals surface area contributed by atoms with Crippen LogP contribution in [0.3, 0.4) is 0 Å². The number of aromatic nitrogens is 1. The molecule has 0 aliphatic carbocycles. The summed E-state index contributed by atoms with van der Waals surface area (Å²) in [6.07, 6.45) is -1.82. The topological polar surface area (TPSA) is 134 Å². The van der Waals surface area contributed by atoms with Crippen molar-refractivity contribution in [3.63, 3.8) is 0 Å². The number of alkyl halides is 3. The lowest BCUT2D eigenvalue weighted by atomic mass is 10.1. The number of halogens is 3. The molecular formula is C19H27F3N5O3+. The predicted octanol–water partition coefficient (Wildman–Crippen LogP) is 1.75. The van der Waals surface area contributed by atoms with Gasteiger partial charge >= 0.3 is 6.18 Å². The molecule has 1 aromatic heterocycles. The molecule has 7 N–H and O–H groups in total. The van der Waals surface area contributed by atoms with Gasteiger partial charge in [-0.3, -0.25) is 15.3 Å². The average Bonchev–Trinajstić information content (AvgIpc) is 2.65. The third-order valence-electron chi connectivity index (χ3n) is 3.89. The van der Waals surface area contributed by atoms with E-state index in [1.54, 1.807) is 32.9 Å². The Morgan fingerprint density at radius 2 is 1.97 bits per heavy atom. The van der Waals surface area contributed by atoms with Gasteiger partial charge in [-0.05, 0) is 37.6 Å². The van der Waals surface area contributed by atoms with Crippen LogP contribution in [0.2, 0.25) is 0 Å². The van der Waals surface area contributed by atoms with E-state index in [1.807, 2.05) is 0 Å². The van der Waals surface area contributed by atoms with Crippen molar-refractivity contribution in [2.75, 3.05) is 11.9 Å². The molecule has 0 fully saturated rings. The predicted molar refractivity (Wildman–Crippen MR) is 104 cm³/mol. The first-order chi connectivity index (χ1) is 13.8. The van der Waals surface area contributed by atoms with E-state index in [4.69, 9.17) is 5.73 Å². The highest BCUT2D eigenvalue weighted by molar-refractivity contribution is 5.93. The van der Waals surface area contributed by atoms with Crippen molar-refractivity contribution in [3.8, 4) is 0 Å². The second kappa shape index (κ2) is 10.6. The number of pyridine rings is 1. The number of nitrogens with one attached hydrogen (secondary N) is 2. The molecule has 0 saturated carbocycles. The zero-order chi connectivity index (χ0) is 23.1. The third kappa shape index (κ3) is 8.52. The number of quaternary nitrogens is 1. The van der Waals surface area contributed by atoms with E-state index in [0.717, 1.165) is 0 Å². The van der Waals surface area contributed by atoms with Gasteiger partial charge in [0.25, 0.3) is 11.8 Å². The summed E-state index contributed by atoms with van der Waals surface area (Å²) < 4.78 is 41.1. The first-order valence-corrected chi connectivity index (χ1v) is 9.07. The van der Waals surface area contributed by atoms with Crippen molar-refractivity contribution < 1.29 is 33.2 Å². The Morgan fingerprint density at radius 3 is 2.53 bits per heavy atom. The molecule has 0 aromatic carbocycles. The number of nitrogens with zero attached hydrogens (tertiary/aromatic N) is 1. The third-order valence-corrected chi connectivity index (χ3v) is 3.89. The van der Waals surface area contributed by atoms with Gasteiger partial charge in [-0.25, -0.2) is 4.98 Å². The van der Waals surface area contributed by atoms with E-state index in [2.05, 4.69) is 26.1 Å². The zero-order valence-electron chi connectivity index (χ0n) is 17.3. The maximum Gasteiger partial charge on any atom is 0.422 e. The fourth-order valence-electron chi connectivity index (χ4n) is 2.08. The van der Waals surface area contributed by atoms with Gasteiger partial charge in [-0.1, -0.05) is 13.8 Å². The number of allylic oxidation sites excluding steroid dienone is 2. The number of anilines is 1. The zero-order valence-corrected chi connectivity index (χ0v) is 17.3. The molecule has 1 atom stereocenters. The Balaban J connectivity index is 2.81. The highest BCUT2D eigenvalue weighted by Gasteiger charge is 2.29. The number of hydrogen-bond donors (Lipinski definition) is 4. The summed E-state index contributed by atoms with van der Waals surface area (Å²) in [5.41, 5.74) is 9.75. The standard InChI is InChI=1S/C19H26F3N5O3/c1-10(2)17(28)27-15-8-13(5-6-25-15)12(4)26-18(29)14(23)7-11(3)16(24)30-9-19(20,21)22/h5-8,10,12H,9,23-24H2,1-4H3,(H,26,29)(H,25,27,28)/p+1/b14-7-,16-11+. The van der Waals surface area contributed by atoms with Crippen LogP contribution in [0.5, 0.6) is 0 Å². The molecule has 0 bridgehead atoms. The molecule has 0 radical (unpaired) electrons. The van der Waals surface area contributed by atoms with Gasteiger partial charge in [0, 0.05) is 12.1 Å². The maximum atomic E-state index is 12.3. The van der Waals surface area contributed by atoms with Crippen LogP contribution >= 0.6 is 0 Å². The van der Waals surface area contributed by atoms with Crippen molar-refractivity contribution in [3.05, 3.63) is 47.1 Å². The number of carbonyl (C=O) groups is 2. The quantitative estimate of drug-likeness (QED) is 0.283. The van der Waals surface area contributed by atoms with Gasteiger partial charge in [0.15, 0.2) is 6.61 Å². The molecule has 1 rings (SSSR count). The fraction of sp³-hybridized carbons (Fsp3) is 0.421. The second-order valence-corrected chi connectivity index (χ2v) is 6.92. The van der Waals surface area contributed by atoms with Crippen LogP contribution in [0, 0.1) is 5.92 Å². The van der Waals surface area contributed by atoms with Crippen molar-refractivity contribution in [2.24, 2.45) is 11.7 Å². The Bertz CT molecular complexity index is 835. The number of carbonyl (C=O) groups excluding carboxylic acids is 2. The lowest BCUT2D eigenvalue weighted by molar-refractivity contribution is -0.367. The second-order valence-electron chi connectivity index (χ2n) is 6.92. The lowest BCUT2D eigenvalue weighted by Crippen LogP contribution is -2.50. The highest BCUT2D eigenvalue weighted by Crippen LogP contribution is 2.17. The molecule has 0 aliphatic heterocycles. The number of nitrogens with two attached hydrogens (primary N) is 1. The molecule has 166 valence electrons. The summed E-state index contributed by atoms with van der Waals surface area (Å²) in [6, 6.07) is 2.81. The SMILES string of the molecule is CC(/C=C(\N)C(=O)NC(C)c1ccnc(NC(=O)C(C)C)c1)=C(/[NH3+])OCC(F)(F)F. The minimum atomic E-state index is -4.50. The smallest absolute Gasteiger partial charge is 0.422 e. The monoisotopic (exact) mass is 430 g/mol. The van der Waals surface area contributed by atoms with Gasteiger partial charge in [0.2, 0.25) is 5.91 Å².